The zero-order valence-corrected chi connectivity index (χ0v) is 15.5. The molecule has 0 atom stereocenters. The van der Waals surface area contributed by atoms with Gasteiger partial charge in [-0.05, 0) is 18.2 Å². The first-order valence-electron chi connectivity index (χ1n) is 9.02. The van der Waals surface area contributed by atoms with E-state index in [1.165, 1.54) is 6.20 Å². The Labute approximate surface area is 166 Å². The summed E-state index contributed by atoms with van der Waals surface area (Å²) in [5, 5.41) is 2.78. The van der Waals surface area contributed by atoms with Crippen molar-refractivity contribution in [2.24, 2.45) is 0 Å². The SMILES string of the molecule is Nc1ncc2nc1C(=O)Nc1ccccc1OCCOCCOc1cncc-2c1. The summed E-state index contributed by atoms with van der Waals surface area (Å²) in [6.07, 6.45) is 4.69. The van der Waals surface area contributed by atoms with Crippen molar-refractivity contribution >= 4 is 17.4 Å². The van der Waals surface area contributed by atoms with E-state index in [0.29, 0.717) is 54.9 Å². The van der Waals surface area contributed by atoms with Gasteiger partial charge in [0.2, 0.25) is 0 Å². The number of pyridine rings is 1. The Hall–Kier alpha value is -3.72. The third-order valence-corrected chi connectivity index (χ3v) is 4.14. The number of aromatic nitrogens is 3. The van der Waals surface area contributed by atoms with E-state index in [0.717, 1.165) is 0 Å². The molecule has 0 saturated heterocycles. The molecule has 4 rings (SSSR count). The standard InChI is InChI=1S/C20H19N5O4/c21-19-18-20(26)25-15-3-1-2-4-17(15)29-8-6-27-5-7-28-14-9-13(10-22-11-14)16(24-18)12-23-19/h1-4,9-12H,5-8H2,(H2,21,23)(H,25,26). The molecule has 0 spiro atoms. The maximum absolute atomic E-state index is 12.8. The molecule has 9 heteroatoms. The highest BCUT2D eigenvalue weighted by molar-refractivity contribution is 6.06. The van der Waals surface area contributed by atoms with Gasteiger partial charge in [-0.15, -0.1) is 0 Å². The summed E-state index contributed by atoms with van der Waals surface area (Å²) in [6.45, 7) is 1.46. The summed E-state index contributed by atoms with van der Waals surface area (Å²) in [7, 11) is 0. The Morgan fingerprint density at radius 1 is 1.00 bits per heavy atom. The minimum absolute atomic E-state index is 0.0104. The van der Waals surface area contributed by atoms with E-state index >= 15 is 0 Å². The number of anilines is 2. The van der Waals surface area contributed by atoms with Gasteiger partial charge in [-0.1, -0.05) is 12.1 Å². The number of nitrogens with two attached hydrogens (primary N) is 1. The summed E-state index contributed by atoms with van der Waals surface area (Å²) in [4.78, 5) is 25.5. The molecule has 148 valence electrons. The van der Waals surface area contributed by atoms with Crippen LogP contribution < -0.4 is 20.5 Å². The van der Waals surface area contributed by atoms with E-state index in [1.807, 2.05) is 6.07 Å². The first-order valence-corrected chi connectivity index (χ1v) is 9.02. The molecule has 4 bridgehead atoms. The average Bonchev–Trinajstić information content (AvgIpc) is 2.74. The van der Waals surface area contributed by atoms with Crippen molar-refractivity contribution in [2.75, 3.05) is 37.5 Å². The van der Waals surface area contributed by atoms with Crippen LogP contribution in [-0.4, -0.2) is 47.3 Å². The molecule has 1 aliphatic heterocycles. The smallest absolute Gasteiger partial charge is 0.278 e. The number of nitrogens with zero attached hydrogens (tertiary/aromatic N) is 3. The monoisotopic (exact) mass is 393 g/mol. The van der Waals surface area contributed by atoms with E-state index in [9.17, 15) is 4.79 Å². The lowest BCUT2D eigenvalue weighted by atomic mass is 10.2. The van der Waals surface area contributed by atoms with Crippen LogP contribution in [0.15, 0.2) is 48.9 Å². The molecule has 3 N–H and O–H groups in total. The highest BCUT2D eigenvalue weighted by atomic mass is 16.5. The quantitative estimate of drug-likeness (QED) is 0.596. The Morgan fingerprint density at radius 2 is 1.83 bits per heavy atom. The Morgan fingerprint density at radius 3 is 2.72 bits per heavy atom. The maximum Gasteiger partial charge on any atom is 0.278 e. The molecule has 0 fully saturated rings. The summed E-state index contributed by atoms with van der Waals surface area (Å²) in [5.74, 6) is 0.609. The number of carbonyl (C=O) groups is 1. The molecule has 29 heavy (non-hydrogen) atoms. The molecule has 2 aromatic heterocycles. The molecule has 0 aliphatic carbocycles. The van der Waals surface area contributed by atoms with Crippen LogP contribution in [0.5, 0.6) is 11.5 Å². The normalized spacial score (nSPS) is 14.6. The molecule has 1 aromatic carbocycles. The molecular formula is C20H19N5O4. The minimum atomic E-state index is -0.492. The van der Waals surface area contributed by atoms with E-state index in [4.69, 9.17) is 19.9 Å². The van der Waals surface area contributed by atoms with Crippen molar-refractivity contribution in [3.63, 3.8) is 0 Å². The van der Waals surface area contributed by atoms with Crippen LogP contribution in [0.4, 0.5) is 11.5 Å². The fourth-order valence-corrected chi connectivity index (χ4v) is 2.75. The zero-order valence-electron chi connectivity index (χ0n) is 15.5. The number of hydrogen-bond donors (Lipinski definition) is 2. The lowest BCUT2D eigenvalue weighted by molar-refractivity contribution is 0.0765. The summed E-state index contributed by atoms with van der Waals surface area (Å²) in [6, 6.07) is 8.87. The molecule has 1 aliphatic rings. The third-order valence-electron chi connectivity index (χ3n) is 4.14. The number of rotatable bonds is 0. The van der Waals surface area contributed by atoms with Crippen LogP contribution in [-0.2, 0) is 4.74 Å². The molecule has 9 nitrogen and oxygen atoms in total. The van der Waals surface area contributed by atoms with Crippen LogP contribution in [0.2, 0.25) is 0 Å². The highest BCUT2D eigenvalue weighted by Gasteiger charge is 2.17. The number of nitrogens with one attached hydrogen (secondary N) is 1. The first-order chi connectivity index (χ1) is 14.2. The number of carbonyl (C=O) groups excluding carboxylic acids is 1. The molecule has 3 aromatic rings. The van der Waals surface area contributed by atoms with Crippen molar-refractivity contribution < 1.29 is 19.0 Å². The van der Waals surface area contributed by atoms with Crippen molar-refractivity contribution in [1.82, 2.24) is 15.0 Å². The van der Waals surface area contributed by atoms with Crippen molar-refractivity contribution in [1.29, 1.82) is 0 Å². The van der Waals surface area contributed by atoms with Gasteiger partial charge < -0.3 is 25.3 Å². The number of amides is 1. The molecule has 0 radical (unpaired) electrons. The van der Waals surface area contributed by atoms with E-state index in [-0.39, 0.29) is 11.5 Å². The molecule has 0 unspecified atom stereocenters. The van der Waals surface area contributed by atoms with Gasteiger partial charge in [0.1, 0.15) is 24.7 Å². The Balaban J connectivity index is 1.72. The number of hydrogen-bond acceptors (Lipinski definition) is 8. The van der Waals surface area contributed by atoms with Gasteiger partial charge >= 0.3 is 0 Å². The van der Waals surface area contributed by atoms with Gasteiger partial charge in [0.15, 0.2) is 11.5 Å². The van der Waals surface area contributed by atoms with E-state index in [2.05, 4.69) is 20.3 Å². The molecular weight excluding hydrogens is 374 g/mol. The van der Waals surface area contributed by atoms with Gasteiger partial charge in [0.25, 0.3) is 5.91 Å². The van der Waals surface area contributed by atoms with Gasteiger partial charge in [0, 0.05) is 11.8 Å². The number of para-hydroxylation sites is 2. The number of fused-ring (bicyclic) bond motifs is 6. The van der Waals surface area contributed by atoms with Crippen LogP contribution in [0, 0.1) is 0 Å². The Bertz CT molecular complexity index is 1030. The predicted molar refractivity (Wildman–Crippen MR) is 106 cm³/mol. The highest BCUT2D eigenvalue weighted by Crippen LogP contribution is 2.26. The van der Waals surface area contributed by atoms with E-state index < -0.39 is 5.91 Å². The number of ether oxygens (including phenoxy) is 3. The van der Waals surface area contributed by atoms with Gasteiger partial charge in [0.05, 0.1) is 37.0 Å². The van der Waals surface area contributed by atoms with Crippen molar-refractivity contribution in [3.05, 3.63) is 54.6 Å². The summed E-state index contributed by atoms with van der Waals surface area (Å²) in [5.41, 5.74) is 7.52. The van der Waals surface area contributed by atoms with Crippen molar-refractivity contribution in [3.8, 4) is 22.8 Å². The minimum Gasteiger partial charge on any atom is -0.490 e. The predicted octanol–water partition coefficient (Wildman–Crippen LogP) is 2.16. The second-order valence-corrected chi connectivity index (χ2v) is 6.16. The summed E-state index contributed by atoms with van der Waals surface area (Å²) >= 11 is 0. The molecule has 3 heterocycles. The molecule has 1 amide bonds. The lowest BCUT2D eigenvalue weighted by Crippen LogP contribution is -2.18. The second kappa shape index (κ2) is 8.53. The first kappa shape index (κ1) is 18.6. The number of benzene rings is 1. The van der Waals surface area contributed by atoms with Crippen LogP contribution in [0.1, 0.15) is 10.5 Å². The topological polar surface area (TPSA) is 121 Å². The lowest BCUT2D eigenvalue weighted by Gasteiger charge is -2.13. The fraction of sp³-hybridized carbons (Fsp3) is 0.200. The van der Waals surface area contributed by atoms with Gasteiger partial charge in [-0.2, -0.15) is 0 Å². The zero-order chi connectivity index (χ0) is 20.1. The van der Waals surface area contributed by atoms with Crippen molar-refractivity contribution in [2.45, 2.75) is 0 Å². The maximum atomic E-state index is 12.8. The van der Waals surface area contributed by atoms with Crippen LogP contribution in [0.25, 0.3) is 11.3 Å². The number of nitrogen functional groups attached to an aromatic ring is 1. The van der Waals surface area contributed by atoms with Crippen LogP contribution in [0.3, 0.4) is 0 Å². The average molecular weight is 393 g/mol. The Kier molecular flexibility index (Phi) is 5.48. The van der Waals surface area contributed by atoms with Crippen LogP contribution >= 0.6 is 0 Å². The molecule has 0 saturated carbocycles. The summed E-state index contributed by atoms with van der Waals surface area (Å²) < 4.78 is 16.9. The fourth-order valence-electron chi connectivity index (χ4n) is 2.75. The van der Waals surface area contributed by atoms with E-state index in [1.54, 1.807) is 36.7 Å². The second-order valence-electron chi connectivity index (χ2n) is 6.16. The van der Waals surface area contributed by atoms with Gasteiger partial charge in [-0.25, -0.2) is 9.97 Å². The third kappa shape index (κ3) is 4.41. The van der Waals surface area contributed by atoms with Gasteiger partial charge in [-0.3, -0.25) is 9.78 Å². The largest absolute Gasteiger partial charge is 0.490 e.